The van der Waals surface area contributed by atoms with E-state index in [2.05, 4.69) is 39.6 Å². The van der Waals surface area contributed by atoms with Crippen molar-refractivity contribution in [2.45, 2.75) is 65.0 Å². The largest absolute Gasteiger partial charge is 0.377 e. The first-order valence-corrected chi connectivity index (χ1v) is 9.32. The highest BCUT2D eigenvalue weighted by atomic mass is 32.1. The van der Waals surface area contributed by atoms with Crippen LogP contribution in [0.15, 0.2) is 5.38 Å². The van der Waals surface area contributed by atoms with Gasteiger partial charge in [0.2, 0.25) is 5.91 Å². The SMILES string of the molecule is CN(C(=O)Cc1csc(C(C)(C)C)n1)C1C2CCOC2C1(C)C. The molecule has 0 spiro atoms. The minimum atomic E-state index is 0.0439. The number of aromatic nitrogens is 1. The number of carbonyl (C=O) groups excluding carboxylic acids is 1. The molecule has 1 aliphatic heterocycles. The van der Waals surface area contributed by atoms with Crippen molar-refractivity contribution >= 4 is 17.2 Å². The van der Waals surface area contributed by atoms with Gasteiger partial charge in [0, 0.05) is 41.8 Å². The lowest BCUT2D eigenvalue weighted by Gasteiger charge is -2.57. The first-order valence-electron chi connectivity index (χ1n) is 8.44. The van der Waals surface area contributed by atoms with Gasteiger partial charge < -0.3 is 9.64 Å². The maximum Gasteiger partial charge on any atom is 0.228 e. The molecule has 1 aromatic rings. The molecule has 23 heavy (non-hydrogen) atoms. The van der Waals surface area contributed by atoms with Gasteiger partial charge in [-0.05, 0) is 6.42 Å². The first-order chi connectivity index (χ1) is 10.6. The van der Waals surface area contributed by atoms with Crippen LogP contribution < -0.4 is 0 Å². The second kappa shape index (κ2) is 5.55. The number of rotatable bonds is 3. The van der Waals surface area contributed by atoms with Gasteiger partial charge in [-0.1, -0.05) is 34.6 Å². The minimum Gasteiger partial charge on any atom is -0.377 e. The Labute approximate surface area is 143 Å². The van der Waals surface area contributed by atoms with Gasteiger partial charge >= 0.3 is 0 Å². The summed E-state index contributed by atoms with van der Waals surface area (Å²) in [5.41, 5.74) is 0.986. The molecule has 2 aliphatic rings. The molecule has 2 fully saturated rings. The molecule has 1 saturated carbocycles. The zero-order valence-corrected chi connectivity index (χ0v) is 15.9. The van der Waals surface area contributed by atoms with Crippen molar-refractivity contribution in [1.29, 1.82) is 0 Å². The fourth-order valence-corrected chi connectivity index (χ4v) is 5.16. The highest BCUT2D eigenvalue weighted by molar-refractivity contribution is 7.09. The molecule has 3 rings (SSSR count). The van der Waals surface area contributed by atoms with Crippen LogP contribution in [0.25, 0.3) is 0 Å². The Bertz CT molecular complexity index is 602. The van der Waals surface area contributed by atoms with E-state index in [-0.39, 0.29) is 22.8 Å². The lowest BCUT2D eigenvalue weighted by molar-refractivity contribution is -0.167. The summed E-state index contributed by atoms with van der Waals surface area (Å²) in [7, 11) is 1.94. The van der Waals surface area contributed by atoms with Gasteiger partial charge in [0.25, 0.3) is 0 Å². The van der Waals surface area contributed by atoms with Crippen molar-refractivity contribution in [1.82, 2.24) is 9.88 Å². The van der Waals surface area contributed by atoms with Crippen molar-refractivity contribution in [3.05, 3.63) is 16.1 Å². The summed E-state index contributed by atoms with van der Waals surface area (Å²) in [6, 6.07) is 0.281. The minimum absolute atomic E-state index is 0.0439. The van der Waals surface area contributed by atoms with E-state index in [0.717, 1.165) is 23.7 Å². The summed E-state index contributed by atoms with van der Waals surface area (Å²) in [6.07, 6.45) is 1.78. The summed E-state index contributed by atoms with van der Waals surface area (Å²) in [4.78, 5) is 19.3. The van der Waals surface area contributed by atoms with Crippen molar-refractivity contribution < 1.29 is 9.53 Å². The highest BCUT2D eigenvalue weighted by Crippen LogP contribution is 2.54. The first kappa shape index (κ1) is 16.9. The molecule has 128 valence electrons. The van der Waals surface area contributed by atoms with Gasteiger partial charge in [-0.15, -0.1) is 11.3 Å². The van der Waals surface area contributed by atoms with Crippen molar-refractivity contribution in [3.63, 3.8) is 0 Å². The summed E-state index contributed by atoms with van der Waals surface area (Å²) in [5, 5.41) is 3.12. The molecule has 5 heteroatoms. The number of ether oxygens (including phenoxy) is 1. The maximum absolute atomic E-state index is 12.7. The molecule has 1 aromatic heterocycles. The Hall–Kier alpha value is -0.940. The smallest absolute Gasteiger partial charge is 0.228 e. The average Bonchev–Trinajstić information content (AvgIpc) is 3.05. The summed E-state index contributed by atoms with van der Waals surface area (Å²) in [5.74, 6) is 0.665. The van der Waals surface area contributed by atoms with Crippen LogP contribution >= 0.6 is 11.3 Å². The number of carbonyl (C=O) groups is 1. The number of fused-ring (bicyclic) bond motifs is 1. The zero-order chi connectivity index (χ0) is 17.0. The van der Waals surface area contributed by atoms with E-state index in [0.29, 0.717) is 18.4 Å². The van der Waals surface area contributed by atoms with Gasteiger partial charge in [0.1, 0.15) is 0 Å². The normalized spacial score (nSPS) is 29.0. The van der Waals surface area contributed by atoms with E-state index in [1.54, 1.807) is 11.3 Å². The predicted octanol–water partition coefficient (Wildman–Crippen LogP) is 3.26. The van der Waals surface area contributed by atoms with Crippen LogP contribution in [-0.2, 0) is 21.4 Å². The van der Waals surface area contributed by atoms with E-state index in [1.165, 1.54) is 0 Å². The van der Waals surface area contributed by atoms with Crippen molar-refractivity contribution in [2.24, 2.45) is 11.3 Å². The van der Waals surface area contributed by atoms with Gasteiger partial charge in [-0.3, -0.25) is 4.79 Å². The zero-order valence-electron chi connectivity index (χ0n) is 15.0. The maximum atomic E-state index is 12.7. The Morgan fingerprint density at radius 1 is 1.48 bits per heavy atom. The molecule has 3 atom stereocenters. The van der Waals surface area contributed by atoms with Crippen molar-refractivity contribution in [3.8, 4) is 0 Å². The summed E-state index contributed by atoms with van der Waals surface area (Å²) < 4.78 is 5.84. The third kappa shape index (κ3) is 2.82. The Morgan fingerprint density at radius 2 is 2.17 bits per heavy atom. The third-order valence-corrected chi connectivity index (χ3v) is 6.69. The molecular weight excluding hydrogens is 308 g/mol. The standard InChI is InChI=1S/C18H28N2O2S/c1-17(2,3)16-19-11(10-23-16)9-13(21)20(6)14-12-7-8-22-15(12)18(14,4)5/h10,12,14-15H,7-9H2,1-6H3. The Balaban J connectivity index is 1.68. The molecule has 0 radical (unpaired) electrons. The van der Waals surface area contributed by atoms with E-state index in [9.17, 15) is 4.79 Å². The summed E-state index contributed by atoms with van der Waals surface area (Å²) in [6.45, 7) is 11.7. The number of nitrogens with zero attached hydrogens (tertiary/aromatic N) is 2. The Morgan fingerprint density at radius 3 is 2.78 bits per heavy atom. The predicted molar refractivity (Wildman–Crippen MR) is 92.7 cm³/mol. The second-order valence-electron chi connectivity index (χ2n) is 8.59. The molecule has 0 aromatic carbocycles. The molecule has 1 aliphatic carbocycles. The van der Waals surface area contributed by atoms with Crippen LogP contribution in [0, 0.1) is 11.3 Å². The molecule has 4 nitrogen and oxygen atoms in total. The third-order valence-electron chi connectivity index (χ3n) is 5.37. The fourth-order valence-electron chi connectivity index (χ4n) is 4.25. The quantitative estimate of drug-likeness (QED) is 0.851. The van der Waals surface area contributed by atoms with Crippen LogP contribution in [0.5, 0.6) is 0 Å². The number of hydrogen-bond acceptors (Lipinski definition) is 4. The van der Waals surface area contributed by atoms with Crippen LogP contribution in [-0.4, -0.2) is 41.6 Å². The van der Waals surface area contributed by atoms with E-state index >= 15 is 0 Å². The number of hydrogen-bond donors (Lipinski definition) is 0. The molecule has 1 saturated heterocycles. The lowest BCUT2D eigenvalue weighted by Crippen LogP contribution is -2.67. The number of thiazole rings is 1. The molecular formula is C18H28N2O2S. The van der Waals surface area contributed by atoms with Crippen LogP contribution in [0.3, 0.4) is 0 Å². The van der Waals surface area contributed by atoms with Gasteiger partial charge in [-0.25, -0.2) is 4.98 Å². The van der Waals surface area contributed by atoms with E-state index in [1.807, 2.05) is 17.3 Å². The fraction of sp³-hybridized carbons (Fsp3) is 0.778. The van der Waals surface area contributed by atoms with Crippen LogP contribution in [0.1, 0.15) is 51.7 Å². The van der Waals surface area contributed by atoms with Gasteiger partial charge in [0.05, 0.1) is 23.2 Å². The lowest BCUT2D eigenvalue weighted by atomic mass is 9.57. The summed E-state index contributed by atoms with van der Waals surface area (Å²) >= 11 is 1.65. The molecule has 0 bridgehead atoms. The number of amides is 1. The molecule has 0 N–H and O–H groups in total. The monoisotopic (exact) mass is 336 g/mol. The van der Waals surface area contributed by atoms with E-state index < -0.39 is 0 Å². The highest BCUT2D eigenvalue weighted by Gasteiger charge is 2.61. The average molecular weight is 337 g/mol. The van der Waals surface area contributed by atoms with E-state index in [4.69, 9.17) is 4.74 Å². The van der Waals surface area contributed by atoms with Crippen molar-refractivity contribution in [2.75, 3.05) is 13.7 Å². The molecule has 1 amide bonds. The van der Waals surface area contributed by atoms with Gasteiger partial charge in [-0.2, -0.15) is 0 Å². The van der Waals surface area contributed by atoms with Gasteiger partial charge in [0.15, 0.2) is 0 Å². The Kier molecular flexibility index (Phi) is 4.08. The second-order valence-corrected chi connectivity index (χ2v) is 9.44. The molecule has 2 heterocycles. The number of likely N-dealkylation sites (N-methyl/N-ethyl adjacent to an activating group) is 1. The van der Waals surface area contributed by atoms with Crippen LogP contribution in [0.2, 0.25) is 0 Å². The topological polar surface area (TPSA) is 42.4 Å². The molecule has 3 unspecified atom stereocenters. The van der Waals surface area contributed by atoms with Crippen LogP contribution in [0.4, 0.5) is 0 Å².